The Hall–Kier alpha value is -2.14. The van der Waals surface area contributed by atoms with E-state index in [0.29, 0.717) is 42.6 Å². The van der Waals surface area contributed by atoms with Gasteiger partial charge in [0.2, 0.25) is 5.89 Å². The molecule has 1 atom stereocenters. The molecule has 0 aliphatic rings. The van der Waals surface area contributed by atoms with Gasteiger partial charge in [-0.3, -0.25) is 9.69 Å². The fraction of sp³-hybridized carbons (Fsp3) is 0.545. The predicted molar refractivity (Wildman–Crippen MR) is 108 cm³/mol. The summed E-state index contributed by atoms with van der Waals surface area (Å²) in [6.45, 7) is 14.9. The molecule has 1 aromatic carbocycles. The van der Waals surface area contributed by atoms with Crippen molar-refractivity contribution in [3.63, 3.8) is 0 Å². The van der Waals surface area contributed by atoms with Crippen LogP contribution in [0.5, 0.6) is 0 Å². The monoisotopic (exact) mass is 371 g/mol. The van der Waals surface area contributed by atoms with Crippen molar-refractivity contribution in [1.82, 2.24) is 15.2 Å². The molecule has 1 aromatic heterocycles. The Morgan fingerprint density at radius 1 is 1.11 bits per heavy atom. The molecule has 1 amide bonds. The van der Waals surface area contributed by atoms with E-state index in [1.54, 1.807) is 0 Å². The van der Waals surface area contributed by atoms with Crippen LogP contribution in [0, 0.1) is 18.8 Å². The number of nitrogens with one attached hydrogen (secondary N) is 1. The Morgan fingerprint density at radius 3 is 2.37 bits per heavy atom. The zero-order chi connectivity index (χ0) is 20.0. The minimum atomic E-state index is -0.180. The largest absolute Gasteiger partial charge is 0.447 e. The molecule has 1 heterocycles. The lowest BCUT2D eigenvalue weighted by molar-refractivity contribution is 0.0943. The normalized spacial score (nSPS) is 12.8. The van der Waals surface area contributed by atoms with Crippen LogP contribution in [-0.2, 0) is 13.1 Å². The first-order valence-corrected chi connectivity index (χ1v) is 9.78. The minimum absolute atomic E-state index is 0.180. The number of oxazole rings is 1. The predicted octanol–water partition coefficient (Wildman–Crippen LogP) is 4.42. The number of amides is 1. The molecule has 2 rings (SSSR count). The van der Waals surface area contributed by atoms with Gasteiger partial charge in [0.05, 0.1) is 6.54 Å². The Bertz CT molecular complexity index is 719. The van der Waals surface area contributed by atoms with E-state index in [9.17, 15) is 4.79 Å². The smallest absolute Gasteiger partial charge is 0.273 e. The molecule has 0 radical (unpaired) electrons. The molecule has 0 aliphatic heterocycles. The van der Waals surface area contributed by atoms with Crippen molar-refractivity contribution in [2.75, 3.05) is 6.54 Å². The van der Waals surface area contributed by atoms with Crippen molar-refractivity contribution in [3.05, 3.63) is 53.2 Å². The van der Waals surface area contributed by atoms with E-state index in [0.717, 1.165) is 6.54 Å². The Kier molecular flexibility index (Phi) is 7.60. The van der Waals surface area contributed by atoms with Gasteiger partial charge in [-0.15, -0.1) is 0 Å². The van der Waals surface area contributed by atoms with Gasteiger partial charge in [-0.05, 0) is 31.2 Å². The van der Waals surface area contributed by atoms with E-state index in [4.69, 9.17) is 4.42 Å². The summed E-state index contributed by atoms with van der Waals surface area (Å²) in [5.74, 6) is 1.29. The summed E-state index contributed by atoms with van der Waals surface area (Å²) < 4.78 is 5.60. The van der Waals surface area contributed by atoms with Crippen LogP contribution in [0.3, 0.4) is 0 Å². The number of hydrogen-bond donors (Lipinski definition) is 1. The van der Waals surface area contributed by atoms with Crippen LogP contribution in [0.15, 0.2) is 34.9 Å². The van der Waals surface area contributed by atoms with E-state index >= 15 is 0 Å². The quantitative estimate of drug-likeness (QED) is 0.709. The summed E-state index contributed by atoms with van der Waals surface area (Å²) in [6, 6.07) is 8.95. The highest BCUT2D eigenvalue weighted by atomic mass is 16.3. The third kappa shape index (κ3) is 6.51. The molecule has 0 spiro atoms. The first-order chi connectivity index (χ1) is 12.8. The Labute approximate surface area is 163 Å². The van der Waals surface area contributed by atoms with Crippen LogP contribution in [0.25, 0.3) is 0 Å². The van der Waals surface area contributed by atoms with Crippen LogP contribution in [0.2, 0.25) is 0 Å². The lowest BCUT2D eigenvalue weighted by Crippen LogP contribution is -2.36. The van der Waals surface area contributed by atoms with E-state index in [1.165, 1.54) is 17.4 Å². The molecule has 0 unspecified atom stereocenters. The van der Waals surface area contributed by atoms with E-state index < -0.39 is 0 Å². The van der Waals surface area contributed by atoms with Crippen LogP contribution in [0.4, 0.5) is 0 Å². The lowest BCUT2D eigenvalue weighted by atomic mass is 10.0. The summed E-state index contributed by atoms with van der Waals surface area (Å²) in [6.07, 6.45) is 1.45. The number of aromatic nitrogens is 1. The highest BCUT2D eigenvalue weighted by Gasteiger charge is 2.21. The first kappa shape index (κ1) is 21.2. The van der Waals surface area contributed by atoms with Crippen LogP contribution >= 0.6 is 0 Å². The molecule has 1 N–H and O–H groups in total. The maximum atomic E-state index is 12.2. The molecular weight excluding hydrogens is 338 g/mol. The van der Waals surface area contributed by atoms with Crippen molar-refractivity contribution in [1.29, 1.82) is 0 Å². The molecular formula is C22H33N3O2. The van der Waals surface area contributed by atoms with Gasteiger partial charge in [-0.1, -0.05) is 57.5 Å². The molecule has 5 heteroatoms. The number of benzene rings is 1. The Balaban J connectivity index is 2.08. The van der Waals surface area contributed by atoms with Crippen LogP contribution < -0.4 is 5.32 Å². The third-order valence-corrected chi connectivity index (χ3v) is 4.84. The van der Waals surface area contributed by atoms with Gasteiger partial charge >= 0.3 is 0 Å². The van der Waals surface area contributed by atoms with Gasteiger partial charge < -0.3 is 9.73 Å². The molecule has 0 saturated carbocycles. The summed E-state index contributed by atoms with van der Waals surface area (Å²) in [5.41, 5.74) is 2.86. The SMILES string of the molecule is Cc1ccc(CN(Cc2nc(C(=O)NCC(C)C)co2)[C@@H](C)C(C)C)cc1. The average molecular weight is 372 g/mol. The van der Waals surface area contributed by atoms with Crippen LogP contribution in [-0.4, -0.2) is 28.4 Å². The number of rotatable bonds is 9. The standard InChI is InChI=1S/C22H33N3O2/c1-15(2)11-23-22(26)20-14-27-21(24-20)13-25(18(6)16(3)4)12-19-9-7-17(5)8-10-19/h7-10,14-16,18H,11-13H2,1-6H3,(H,23,26)/t18-/m0/s1. The topological polar surface area (TPSA) is 58.4 Å². The minimum Gasteiger partial charge on any atom is -0.447 e. The van der Waals surface area contributed by atoms with Gasteiger partial charge in [0.15, 0.2) is 5.69 Å². The number of hydrogen-bond acceptors (Lipinski definition) is 4. The number of nitrogens with zero attached hydrogens (tertiary/aromatic N) is 2. The van der Waals surface area contributed by atoms with Gasteiger partial charge in [-0.2, -0.15) is 0 Å². The van der Waals surface area contributed by atoms with Gasteiger partial charge in [0.25, 0.3) is 5.91 Å². The molecule has 148 valence electrons. The van der Waals surface area contributed by atoms with Gasteiger partial charge in [-0.25, -0.2) is 4.98 Å². The molecule has 0 aliphatic carbocycles. The van der Waals surface area contributed by atoms with Gasteiger partial charge in [0.1, 0.15) is 6.26 Å². The van der Waals surface area contributed by atoms with Crippen molar-refractivity contribution >= 4 is 5.91 Å². The summed E-state index contributed by atoms with van der Waals surface area (Å²) in [7, 11) is 0. The number of aryl methyl sites for hydroxylation is 1. The van der Waals surface area contributed by atoms with E-state index in [-0.39, 0.29) is 5.91 Å². The van der Waals surface area contributed by atoms with Crippen molar-refractivity contribution in [2.45, 2.75) is 60.7 Å². The van der Waals surface area contributed by atoms with E-state index in [1.807, 2.05) is 0 Å². The second-order valence-corrected chi connectivity index (χ2v) is 8.11. The Morgan fingerprint density at radius 2 is 1.78 bits per heavy atom. The van der Waals surface area contributed by atoms with Crippen molar-refractivity contribution in [3.8, 4) is 0 Å². The van der Waals surface area contributed by atoms with Crippen molar-refractivity contribution < 1.29 is 9.21 Å². The fourth-order valence-corrected chi connectivity index (χ4v) is 2.74. The zero-order valence-electron chi connectivity index (χ0n) is 17.5. The highest BCUT2D eigenvalue weighted by molar-refractivity contribution is 5.91. The third-order valence-electron chi connectivity index (χ3n) is 4.84. The molecule has 2 aromatic rings. The highest BCUT2D eigenvalue weighted by Crippen LogP contribution is 2.18. The first-order valence-electron chi connectivity index (χ1n) is 9.78. The molecule has 0 fully saturated rings. The summed E-state index contributed by atoms with van der Waals surface area (Å²) in [4.78, 5) is 18.9. The van der Waals surface area contributed by atoms with E-state index in [2.05, 4.69) is 81.0 Å². The fourth-order valence-electron chi connectivity index (χ4n) is 2.74. The second-order valence-electron chi connectivity index (χ2n) is 8.11. The molecule has 0 bridgehead atoms. The average Bonchev–Trinajstić information content (AvgIpc) is 3.08. The molecule has 0 saturated heterocycles. The van der Waals surface area contributed by atoms with Crippen LogP contribution in [0.1, 0.15) is 62.1 Å². The number of carbonyl (C=O) groups is 1. The maximum Gasteiger partial charge on any atom is 0.273 e. The lowest BCUT2D eigenvalue weighted by Gasteiger charge is -2.30. The second kappa shape index (κ2) is 9.70. The zero-order valence-corrected chi connectivity index (χ0v) is 17.5. The molecule has 5 nitrogen and oxygen atoms in total. The number of carbonyl (C=O) groups excluding carboxylic acids is 1. The maximum absolute atomic E-state index is 12.2. The summed E-state index contributed by atoms with van der Waals surface area (Å²) >= 11 is 0. The summed E-state index contributed by atoms with van der Waals surface area (Å²) in [5, 5.41) is 2.88. The van der Waals surface area contributed by atoms with Gasteiger partial charge in [0, 0.05) is 19.1 Å². The molecule has 27 heavy (non-hydrogen) atoms. The van der Waals surface area contributed by atoms with Crippen molar-refractivity contribution in [2.24, 2.45) is 11.8 Å².